The molecule has 0 N–H and O–H groups in total. The van der Waals surface area contributed by atoms with Crippen molar-refractivity contribution in [1.82, 2.24) is 20.1 Å². The second-order valence-corrected chi connectivity index (χ2v) is 7.70. The number of pyridine rings is 1. The largest absolute Gasteiger partial charge is 0.352 e. The Kier molecular flexibility index (Phi) is 5.27. The zero-order valence-corrected chi connectivity index (χ0v) is 17.2. The number of carbonyl (C=O) groups excluding carboxylic acids is 1. The number of piperazine rings is 1. The van der Waals surface area contributed by atoms with Gasteiger partial charge in [-0.2, -0.15) is 0 Å². The van der Waals surface area contributed by atoms with Gasteiger partial charge >= 0.3 is 0 Å². The van der Waals surface area contributed by atoms with E-state index in [1.807, 2.05) is 47.4 Å². The number of hydrogen-bond donors (Lipinski definition) is 0. The van der Waals surface area contributed by atoms with Gasteiger partial charge in [0.25, 0.3) is 0 Å². The van der Waals surface area contributed by atoms with Crippen molar-refractivity contribution < 1.29 is 4.79 Å². The van der Waals surface area contributed by atoms with Gasteiger partial charge in [0.2, 0.25) is 5.91 Å². The number of nitrogens with zero attached hydrogens (tertiary/aromatic N) is 5. The van der Waals surface area contributed by atoms with E-state index < -0.39 is 0 Å². The maximum atomic E-state index is 12.9. The number of amides is 1. The highest BCUT2D eigenvalue weighted by Crippen LogP contribution is 2.21. The third-order valence-corrected chi connectivity index (χ3v) is 5.80. The standard InChI is InChI=1S/C25H23N5O/c31-25(18-21-6-3-5-19-4-1-2-7-22(19)21)30-16-14-29(15-17-30)24-9-8-23(27-28-24)20-10-12-26-13-11-20/h1-13H,14-18H2. The van der Waals surface area contributed by atoms with E-state index in [9.17, 15) is 4.79 Å². The molecule has 2 aromatic heterocycles. The minimum absolute atomic E-state index is 0.176. The fourth-order valence-corrected chi connectivity index (χ4v) is 4.08. The first kappa shape index (κ1) is 19.2. The Morgan fingerprint density at radius 3 is 2.35 bits per heavy atom. The number of benzene rings is 2. The fourth-order valence-electron chi connectivity index (χ4n) is 4.08. The molecule has 0 bridgehead atoms. The Morgan fingerprint density at radius 1 is 0.806 bits per heavy atom. The van der Waals surface area contributed by atoms with Crippen LogP contribution >= 0.6 is 0 Å². The van der Waals surface area contributed by atoms with Crippen molar-refractivity contribution >= 4 is 22.5 Å². The zero-order chi connectivity index (χ0) is 21.0. The lowest BCUT2D eigenvalue weighted by Gasteiger charge is -2.35. The lowest BCUT2D eigenvalue weighted by molar-refractivity contribution is -0.130. The van der Waals surface area contributed by atoms with E-state index in [2.05, 4.69) is 44.3 Å². The lowest BCUT2D eigenvalue weighted by Crippen LogP contribution is -2.49. The van der Waals surface area contributed by atoms with Gasteiger partial charge in [0.1, 0.15) is 0 Å². The Labute approximate surface area is 181 Å². The monoisotopic (exact) mass is 409 g/mol. The predicted octanol–water partition coefficient (Wildman–Crippen LogP) is 3.58. The molecular weight excluding hydrogens is 386 g/mol. The van der Waals surface area contributed by atoms with Gasteiger partial charge in [0, 0.05) is 44.1 Å². The van der Waals surface area contributed by atoms with Gasteiger partial charge in [0.05, 0.1) is 12.1 Å². The molecule has 6 nitrogen and oxygen atoms in total. The summed E-state index contributed by atoms with van der Waals surface area (Å²) in [7, 11) is 0. The minimum Gasteiger partial charge on any atom is -0.352 e. The summed E-state index contributed by atoms with van der Waals surface area (Å²) in [6.45, 7) is 2.89. The summed E-state index contributed by atoms with van der Waals surface area (Å²) in [5, 5.41) is 11.1. The number of rotatable bonds is 4. The number of hydrogen-bond acceptors (Lipinski definition) is 5. The molecule has 0 spiro atoms. The first-order valence-corrected chi connectivity index (χ1v) is 10.5. The van der Waals surface area contributed by atoms with Crippen LogP contribution in [0.4, 0.5) is 5.82 Å². The molecule has 2 aromatic carbocycles. The van der Waals surface area contributed by atoms with Crippen molar-refractivity contribution in [3.8, 4) is 11.3 Å². The minimum atomic E-state index is 0.176. The maximum Gasteiger partial charge on any atom is 0.227 e. The summed E-state index contributed by atoms with van der Waals surface area (Å²) in [5.41, 5.74) is 2.91. The highest BCUT2D eigenvalue weighted by molar-refractivity contribution is 5.90. The molecule has 0 aliphatic carbocycles. The van der Waals surface area contributed by atoms with Crippen molar-refractivity contribution in [1.29, 1.82) is 0 Å². The van der Waals surface area contributed by atoms with E-state index in [-0.39, 0.29) is 5.91 Å². The smallest absolute Gasteiger partial charge is 0.227 e. The zero-order valence-electron chi connectivity index (χ0n) is 17.2. The molecule has 5 rings (SSSR count). The third kappa shape index (κ3) is 4.10. The summed E-state index contributed by atoms with van der Waals surface area (Å²) >= 11 is 0. The molecule has 154 valence electrons. The average Bonchev–Trinajstić information content (AvgIpc) is 2.85. The summed E-state index contributed by atoms with van der Waals surface area (Å²) in [4.78, 5) is 21.1. The molecule has 1 amide bonds. The van der Waals surface area contributed by atoms with Gasteiger partial charge in [-0.25, -0.2) is 0 Å². The molecule has 1 fully saturated rings. The van der Waals surface area contributed by atoms with Gasteiger partial charge in [-0.1, -0.05) is 42.5 Å². The Balaban J connectivity index is 1.21. The molecule has 3 heterocycles. The normalized spacial score (nSPS) is 14.1. The lowest BCUT2D eigenvalue weighted by atomic mass is 10.0. The summed E-state index contributed by atoms with van der Waals surface area (Å²) in [6.07, 6.45) is 3.93. The van der Waals surface area contributed by atoms with E-state index in [0.717, 1.165) is 41.1 Å². The van der Waals surface area contributed by atoms with Gasteiger partial charge in [0.15, 0.2) is 5.82 Å². The van der Waals surface area contributed by atoms with Crippen LogP contribution in [-0.2, 0) is 11.2 Å². The van der Waals surface area contributed by atoms with Gasteiger partial charge in [-0.15, -0.1) is 10.2 Å². The van der Waals surface area contributed by atoms with Crippen LogP contribution in [0.15, 0.2) is 79.1 Å². The number of fused-ring (bicyclic) bond motifs is 1. The molecule has 4 aromatic rings. The van der Waals surface area contributed by atoms with Crippen LogP contribution in [0.5, 0.6) is 0 Å². The first-order chi connectivity index (χ1) is 15.3. The molecule has 31 heavy (non-hydrogen) atoms. The van der Waals surface area contributed by atoms with E-state index in [0.29, 0.717) is 19.5 Å². The van der Waals surface area contributed by atoms with E-state index in [1.165, 1.54) is 5.39 Å². The summed E-state index contributed by atoms with van der Waals surface area (Å²) < 4.78 is 0. The highest BCUT2D eigenvalue weighted by Gasteiger charge is 2.22. The Morgan fingerprint density at radius 2 is 1.58 bits per heavy atom. The topological polar surface area (TPSA) is 62.2 Å². The van der Waals surface area contributed by atoms with E-state index in [1.54, 1.807) is 12.4 Å². The van der Waals surface area contributed by atoms with Crippen LogP contribution < -0.4 is 4.90 Å². The Bertz CT molecular complexity index is 1180. The molecular formula is C25H23N5O. The quantitative estimate of drug-likeness (QED) is 0.516. The molecule has 1 aliphatic heterocycles. The second kappa shape index (κ2) is 8.52. The fraction of sp³-hybridized carbons (Fsp3) is 0.200. The van der Waals surface area contributed by atoms with Crippen LogP contribution in [-0.4, -0.2) is 52.2 Å². The van der Waals surface area contributed by atoms with Crippen LogP contribution in [0, 0.1) is 0 Å². The molecule has 1 aliphatic rings. The van der Waals surface area contributed by atoms with Crippen LogP contribution in [0.2, 0.25) is 0 Å². The molecule has 1 saturated heterocycles. The second-order valence-electron chi connectivity index (χ2n) is 7.70. The SMILES string of the molecule is O=C(Cc1cccc2ccccc12)N1CCN(c2ccc(-c3ccncc3)nn2)CC1. The number of aromatic nitrogens is 3. The third-order valence-electron chi connectivity index (χ3n) is 5.80. The van der Waals surface area contributed by atoms with Crippen molar-refractivity contribution in [2.75, 3.05) is 31.1 Å². The van der Waals surface area contributed by atoms with E-state index >= 15 is 0 Å². The van der Waals surface area contributed by atoms with Crippen molar-refractivity contribution in [3.05, 3.63) is 84.7 Å². The average molecular weight is 409 g/mol. The van der Waals surface area contributed by atoms with Crippen LogP contribution in [0.1, 0.15) is 5.56 Å². The van der Waals surface area contributed by atoms with Crippen LogP contribution in [0.3, 0.4) is 0 Å². The van der Waals surface area contributed by atoms with Crippen molar-refractivity contribution in [2.45, 2.75) is 6.42 Å². The highest BCUT2D eigenvalue weighted by atomic mass is 16.2. The van der Waals surface area contributed by atoms with Gasteiger partial charge in [-0.3, -0.25) is 9.78 Å². The van der Waals surface area contributed by atoms with Crippen LogP contribution in [0.25, 0.3) is 22.0 Å². The van der Waals surface area contributed by atoms with Crippen molar-refractivity contribution in [3.63, 3.8) is 0 Å². The molecule has 0 unspecified atom stereocenters. The van der Waals surface area contributed by atoms with Gasteiger partial charge < -0.3 is 9.80 Å². The van der Waals surface area contributed by atoms with Crippen molar-refractivity contribution in [2.24, 2.45) is 0 Å². The molecule has 0 atom stereocenters. The summed E-state index contributed by atoms with van der Waals surface area (Å²) in [6, 6.07) is 22.2. The van der Waals surface area contributed by atoms with E-state index in [4.69, 9.17) is 0 Å². The Hall–Kier alpha value is -3.80. The van der Waals surface area contributed by atoms with Gasteiger partial charge in [-0.05, 0) is 40.6 Å². The number of carbonyl (C=O) groups is 1. The molecule has 6 heteroatoms. The number of anilines is 1. The maximum absolute atomic E-state index is 12.9. The first-order valence-electron chi connectivity index (χ1n) is 10.5. The molecule has 0 saturated carbocycles. The molecule has 0 radical (unpaired) electrons. The summed E-state index contributed by atoms with van der Waals surface area (Å²) in [5.74, 6) is 1.02. The predicted molar refractivity (Wildman–Crippen MR) is 122 cm³/mol.